The number of carbonyl (C=O) groups excluding carboxylic acids is 1. The fourth-order valence-corrected chi connectivity index (χ4v) is 3.52. The third kappa shape index (κ3) is 3.47. The Hall–Kier alpha value is -1.69. The Kier molecular flexibility index (Phi) is 4.80. The van der Waals surface area contributed by atoms with Gasteiger partial charge in [-0.25, -0.2) is 8.78 Å². The molecule has 1 amide bonds. The Morgan fingerprint density at radius 2 is 1.83 bits per heavy atom. The highest BCUT2D eigenvalue weighted by Gasteiger charge is 2.31. The number of morpholine rings is 1. The van der Waals surface area contributed by atoms with E-state index in [0.29, 0.717) is 25.6 Å². The van der Waals surface area contributed by atoms with E-state index in [4.69, 9.17) is 9.84 Å². The number of rotatable bonds is 2. The van der Waals surface area contributed by atoms with Crippen molar-refractivity contribution in [3.63, 3.8) is 0 Å². The lowest BCUT2D eigenvalue weighted by Gasteiger charge is -2.38. The molecule has 1 saturated carbocycles. The predicted octanol–water partition coefficient (Wildman–Crippen LogP) is 3.09. The summed E-state index contributed by atoms with van der Waals surface area (Å²) < 4.78 is 32.7. The highest BCUT2D eigenvalue weighted by atomic mass is 19.1. The molecule has 1 aliphatic carbocycles. The summed E-state index contributed by atoms with van der Waals surface area (Å²) in [6.45, 7) is 1.30. The minimum Gasteiger partial charge on any atom is -0.503 e. The third-order valence-corrected chi connectivity index (χ3v) is 4.82. The van der Waals surface area contributed by atoms with Crippen LogP contribution in [0.1, 0.15) is 42.5 Å². The SMILES string of the molecule is O=C(c1cc(F)c(O)c(F)c1)N1CCOC(C2CCCCC2)C1. The first-order valence-electron chi connectivity index (χ1n) is 8.15. The lowest BCUT2D eigenvalue weighted by Crippen LogP contribution is -2.48. The van der Waals surface area contributed by atoms with Gasteiger partial charge in [0.2, 0.25) is 0 Å². The van der Waals surface area contributed by atoms with Crippen LogP contribution in [-0.2, 0) is 4.74 Å². The van der Waals surface area contributed by atoms with Crippen molar-refractivity contribution in [3.05, 3.63) is 29.3 Å². The Bertz CT molecular complexity index is 564. The van der Waals surface area contributed by atoms with Gasteiger partial charge in [0.15, 0.2) is 17.4 Å². The minimum absolute atomic E-state index is 0.000177. The molecule has 0 radical (unpaired) electrons. The summed E-state index contributed by atoms with van der Waals surface area (Å²) in [6, 6.07) is 1.76. The molecule has 1 saturated heterocycles. The maximum absolute atomic E-state index is 13.4. The zero-order valence-corrected chi connectivity index (χ0v) is 12.9. The smallest absolute Gasteiger partial charge is 0.254 e. The van der Waals surface area contributed by atoms with E-state index in [2.05, 4.69) is 0 Å². The van der Waals surface area contributed by atoms with Crippen molar-refractivity contribution >= 4 is 5.91 Å². The molecule has 0 bridgehead atoms. The van der Waals surface area contributed by atoms with Crippen LogP contribution in [0.3, 0.4) is 0 Å². The molecular formula is C17H21F2NO3. The highest BCUT2D eigenvalue weighted by molar-refractivity contribution is 5.94. The predicted molar refractivity (Wildman–Crippen MR) is 80.2 cm³/mol. The van der Waals surface area contributed by atoms with E-state index in [0.717, 1.165) is 25.0 Å². The summed E-state index contributed by atoms with van der Waals surface area (Å²) in [4.78, 5) is 14.1. The molecule has 126 valence electrons. The fraction of sp³-hybridized carbons (Fsp3) is 0.588. The van der Waals surface area contributed by atoms with Crippen LogP contribution >= 0.6 is 0 Å². The highest BCUT2D eigenvalue weighted by Crippen LogP contribution is 2.30. The van der Waals surface area contributed by atoms with Crippen molar-refractivity contribution in [3.8, 4) is 5.75 Å². The van der Waals surface area contributed by atoms with Crippen LogP contribution in [0.15, 0.2) is 12.1 Å². The molecule has 1 aromatic carbocycles. The van der Waals surface area contributed by atoms with Gasteiger partial charge < -0.3 is 14.7 Å². The molecule has 23 heavy (non-hydrogen) atoms. The average molecular weight is 325 g/mol. The normalized spacial score (nSPS) is 23.0. The molecule has 4 nitrogen and oxygen atoms in total. The van der Waals surface area contributed by atoms with Crippen molar-refractivity contribution in [2.75, 3.05) is 19.7 Å². The first kappa shape index (κ1) is 16.2. The monoisotopic (exact) mass is 325 g/mol. The molecular weight excluding hydrogens is 304 g/mol. The van der Waals surface area contributed by atoms with Gasteiger partial charge in [0.1, 0.15) is 0 Å². The van der Waals surface area contributed by atoms with Crippen molar-refractivity contribution in [1.29, 1.82) is 0 Å². The number of aromatic hydroxyl groups is 1. The van der Waals surface area contributed by atoms with E-state index in [-0.39, 0.29) is 11.7 Å². The van der Waals surface area contributed by atoms with E-state index in [1.165, 1.54) is 19.3 Å². The maximum Gasteiger partial charge on any atom is 0.254 e. The maximum atomic E-state index is 13.4. The number of ether oxygens (including phenoxy) is 1. The number of hydrogen-bond acceptors (Lipinski definition) is 3. The Morgan fingerprint density at radius 3 is 2.48 bits per heavy atom. The van der Waals surface area contributed by atoms with E-state index >= 15 is 0 Å². The van der Waals surface area contributed by atoms with Crippen LogP contribution < -0.4 is 0 Å². The van der Waals surface area contributed by atoms with Crippen LogP contribution in [0.2, 0.25) is 0 Å². The molecule has 0 aromatic heterocycles. The molecule has 2 aliphatic rings. The van der Waals surface area contributed by atoms with Crippen LogP contribution in [0.5, 0.6) is 5.75 Å². The van der Waals surface area contributed by atoms with E-state index in [9.17, 15) is 13.6 Å². The quantitative estimate of drug-likeness (QED) is 0.909. The van der Waals surface area contributed by atoms with Crippen molar-refractivity contribution in [2.45, 2.75) is 38.2 Å². The van der Waals surface area contributed by atoms with E-state index in [1.54, 1.807) is 4.90 Å². The zero-order chi connectivity index (χ0) is 16.4. The summed E-state index contributed by atoms with van der Waals surface area (Å²) in [5.41, 5.74) is -0.0814. The fourth-order valence-electron chi connectivity index (χ4n) is 3.52. The van der Waals surface area contributed by atoms with E-state index in [1.807, 2.05) is 0 Å². The number of amides is 1. The summed E-state index contributed by atoms with van der Waals surface area (Å²) in [5.74, 6) is -3.26. The number of benzene rings is 1. The Balaban J connectivity index is 1.71. The van der Waals surface area contributed by atoms with Gasteiger partial charge >= 0.3 is 0 Å². The standard InChI is InChI=1S/C17H21F2NO3/c18-13-8-12(9-14(19)16(13)21)17(22)20-6-7-23-15(10-20)11-4-2-1-3-5-11/h8-9,11,15,21H,1-7,10H2. The van der Waals surface area contributed by atoms with Gasteiger partial charge in [-0.2, -0.15) is 0 Å². The lowest BCUT2D eigenvalue weighted by molar-refractivity contribution is -0.0562. The minimum atomic E-state index is -1.12. The Morgan fingerprint density at radius 1 is 1.17 bits per heavy atom. The number of phenolic OH excluding ortho intramolecular Hbond substituents is 1. The first-order valence-corrected chi connectivity index (χ1v) is 8.15. The largest absolute Gasteiger partial charge is 0.503 e. The van der Waals surface area contributed by atoms with Gasteiger partial charge in [-0.05, 0) is 30.9 Å². The molecule has 1 atom stereocenters. The average Bonchev–Trinajstić information content (AvgIpc) is 2.59. The van der Waals surface area contributed by atoms with Crippen LogP contribution in [0.25, 0.3) is 0 Å². The van der Waals surface area contributed by atoms with Gasteiger partial charge in [-0.1, -0.05) is 19.3 Å². The van der Waals surface area contributed by atoms with Crippen LogP contribution in [0, 0.1) is 17.6 Å². The molecule has 1 heterocycles. The summed E-state index contributed by atoms with van der Waals surface area (Å²) in [5, 5.41) is 9.14. The molecule has 0 spiro atoms. The van der Waals surface area contributed by atoms with Gasteiger partial charge in [0.25, 0.3) is 5.91 Å². The molecule has 1 N–H and O–H groups in total. The lowest BCUT2D eigenvalue weighted by atomic mass is 9.84. The number of phenols is 1. The van der Waals surface area contributed by atoms with Crippen LogP contribution in [-0.4, -0.2) is 41.7 Å². The molecule has 3 rings (SSSR count). The molecule has 1 unspecified atom stereocenters. The topological polar surface area (TPSA) is 49.8 Å². The van der Waals surface area contributed by atoms with Gasteiger partial charge in [-0.3, -0.25) is 4.79 Å². The molecule has 1 aliphatic heterocycles. The van der Waals surface area contributed by atoms with Gasteiger partial charge in [0, 0.05) is 18.7 Å². The zero-order valence-electron chi connectivity index (χ0n) is 12.9. The molecule has 1 aromatic rings. The summed E-state index contributed by atoms with van der Waals surface area (Å²) in [6.07, 6.45) is 5.84. The second kappa shape index (κ2) is 6.83. The van der Waals surface area contributed by atoms with E-state index < -0.39 is 23.3 Å². The Labute approximate surface area is 134 Å². The second-order valence-electron chi connectivity index (χ2n) is 6.35. The summed E-state index contributed by atoms with van der Waals surface area (Å²) >= 11 is 0. The first-order chi connectivity index (χ1) is 11.1. The van der Waals surface area contributed by atoms with Gasteiger partial charge in [0.05, 0.1) is 12.7 Å². The molecule has 2 fully saturated rings. The third-order valence-electron chi connectivity index (χ3n) is 4.82. The number of halogens is 2. The van der Waals surface area contributed by atoms with Crippen molar-refractivity contribution in [1.82, 2.24) is 4.90 Å². The summed E-state index contributed by atoms with van der Waals surface area (Å²) in [7, 11) is 0. The number of hydrogen-bond donors (Lipinski definition) is 1. The number of carbonyl (C=O) groups is 1. The molecule has 6 heteroatoms. The second-order valence-corrected chi connectivity index (χ2v) is 6.35. The van der Waals surface area contributed by atoms with Crippen molar-refractivity contribution < 1.29 is 23.4 Å². The van der Waals surface area contributed by atoms with Crippen LogP contribution in [0.4, 0.5) is 8.78 Å². The number of nitrogens with zero attached hydrogens (tertiary/aromatic N) is 1. The van der Waals surface area contributed by atoms with Gasteiger partial charge in [-0.15, -0.1) is 0 Å². The van der Waals surface area contributed by atoms with Crippen molar-refractivity contribution in [2.24, 2.45) is 5.92 Å².